The summed E-state index contributed by atoms with van der Waals surface area (Å²) in [6.07, 6.45) is 3.04. The number of nitrogens with one attached hydrogen (secondary N) is 1. The topological polar surface area (TPSA) is 52.5 Å². The normalized spacial score (nSPS) is 25.2. The van der Waals surface area contributed by atoms with E-state index in [1.165, 1.54) is 6.07 Å². The standard InChI is InChI=1S/C15H22FNO2/c16-13-7-3-2-6-12(13)15(19)10-17-9-11-5-1-4-8-14(11)18/h2-3,6-7,11,14-15,17-19H,1,4-5,8-10H2. The molecule has 0 heterocycles. The lowest BCUT2D eigenvalue weighted by atomic mass is 9.86. The first-order chi connectivity index (χ1) is 9.18. The molecule has 3 unspecified atom stereocenters. The highest BCUT2D eigenvalue weighted by atomic mass is 19.1. The van der Waals surface area contributed by atoms with Crippen molar-refractivity contribution in [1.82, 2.24) is 5.32 Å². The zero-order valence-corrected chi connectivity index (χ0v) is 11.1. The maximum atomic E-state index is 13.5. The van der Waals surface area contributed by atoms with Gasteiger partial charge in [0.1, 0.15) is 5.82 Å². The van der Waals surface area contributed by atoms with E-state index in [-0.39, 0.29) is 17.8 Å². The summed E-state index contributed by atoms with van der Waals surface area (Å²) >= 11 is 0. The molecule has 19 heavy (non-hydrogen) atoms. The molecule has 0 aliphatic heterocycles. The molecule has 0 spiro atoms. The molecule has 1 aliphatic rings. The van der Waals surface area contributed by atoms with Gasteiger partial charge in [-0.1, -0.05) is 31.0 Å². The minimum atomic E-state index is -0.845. The molecule has 4 heteroatoms. The third-order valence-corrected chi connectivity index (χ3v) is 3.88. The minimum Gasteiger partial charge on any atom is -0.393 e. The van der Waals surface area contributed by atoms with E-state index in [1.54, 1.807) is 18.2 Å². The Bertz CT molecular complexity index is 399. The molecule has 3 atom stereocenters. The summed E-state index contributed by atoms with van der Waals surface area (Å²) in [6, 6.07) is 6.27. The molecule has 0 aromatic heterocycles. The average Bonchev–Trinajstić information content (AvgIpc) is 2.41. The Morgan fingerprint density at radius 3 is 2.74 bits per heavy atom. The average molecular weight is 267 g/mol. The number of aliphatic hydroxyl groups is 2. The molecule has 0 saturated heterocycles. The molecule has 1 aromatic carbocycles. The zero-order valence-electron chi connectivity index (χ0n) is 11.1. The first-order valence-electron chi connectivity index (χ1n) is 6.99. The van der Waals surface area contributed by atoms with Gasteiger partial charge in [-0.15, -0.1) is 0 Å². The van der Waals surface area contributed by atoms with Crippen LogP contribution >= 0.6 is 0 Å². The van der Waals surface area contributed by atoms with Crippen LogP contribution in [0.2, 0.25) is 0 Å². The largest absolute Gasteiger partial charge is 0.393 e. The van der Waals surface area contributed by atoms with Crippen LogP contribution in [0.1, 0.15) is 37.4 Å². The van der Waals surface area contributed by atoms with Crippen LogP contribution in [0.5, 0.6) is 0 Å². The van der Waals surface area contributed by atoms with Gasteiger partial charge in [0.25, 0.3) is 0 Å². The molecule has 1 saturated carbocycles. The predicted octanol–water partition coefficient (Wildman–Crippen LogP) is 2.00. The number of halogens is 1. The second kappa shape index (κ2) is 6.98. The monoisotopic (exact) mass is 267 g/mol. The quantitative estimate of drug-likeness (QED) is 0.765. The van der Waals surface area contributed by atoms with Crippen molar-refractivity contribution in [3.05, 3.63) is 35.6 Å². The summed E-state index contributed by atoms with van der Waals surface area (Å²) in [5, 5.41) is 22.9. The maximum Gasteiger partial charge on any atom is 0.129 e. The van der Waals surface area contributed by atoms with Gasteiger partial charge in [-0.25, -0.2) is 4.39 Å². The van der Waals surface area contributed by atoms with Gasteiger partial charge >= 0.3 is 0 Å². The van der Waals surface area contributed by atoms with Gasteiger partial charge in [-0.05, 0) is 24.8 Å². The van der Waals surface area contributed by atoms with Gasteiger partial charge in [0.2, 0.25) is 0 Å². The molecule has 0 radical (unpaired) electrons. The van der Waals surface area contributed by atoms with Crippen molar-refractivity contribution >= 4 is 0 Å². The first kappa shape index (κ1) is 14.4. The molecule has 1 fully saturated rings. The summed E-state index contributed by atoms with van der Waals surface area (Å²) in [4.78, 5) is 0. The van der Waals surface area contributed by atoms with E-state index >= 15 is 0 Å². The number of aliphatic hydroxyl groups excluding tert-OH is 2. The van der Waals surface area contributed by atoms with E-state index in [9.17, 15) is 14.6 Å². The van der Waals surface area contributed by atoms with Crippen molar-refractivity contribution in [3.8, 4) is 0 Å². The summed E-state index contributed by atoms with van der Waals surface area (Å²) in [5.74, 6) is -0.129. The summed E-state index contributed by atoms with van der Waals surface area (Å²) in [6.45, 7) is 0.983. The highest BCUT2D eigenvalue weighted by Crippen LogP contribution is 2.24. The van der Waals surface area contributed by atoms with Crippen LogP contribution in [0, 0.1) is 11.7 Å². The highest BCUT2D eigenvalue weighted by Gasteiger charge is 2.22. The van der Waals surface area contributed by atoms with Gasteiger partial charge in [-0.2, -0.15) is 0 Å². The number of benzene rings is 1. The lowest BCUT2D eigenvalue weighted by molar-refractivity contribution is 0.0668. The van der Waals surface area contributed by atoms with Crippen LogP contribution in [-0.2, 0) is 0 Å². The zero-order chi connectivity index (χ0) is 13.7. The van der Waals surface area contributed by atoms with E-state index in [0.29, 0.717) is 18.7 Å². The Morgan fingerprint density at radius 2 is 2.00 bits per heavy atom. The SMILES string of the molecule is OC(CNCC1CCCCC1O)c1ccccc1F. The van der Waals surface area contributed by atoms with Gasteiger partial charge in [0, 0.05) is 18.7 Å². The predicted molar refractivity (Wildman–Crippen MR) is 72.2 cm³/mol. The Balaban J connectivity index is 1.77. The molecule has 1 aliphatic carbocycles. The molecule has 106 valence electrons. The van der Waals surface area contributed by atoms with Crippen LogP contribution in [0.3, 0.4) is 0 Å². The Morgan fingerprint density at radius 1 is 1.26 bits per heavy atom. The van der Waals surface area contributed by atoms with Crippen LogP contribution in [0.4, 0.5) is 4.39 Å². The van der Waals surface area contributed by atoms with Crippen molar-refractivity contribution in [2.75, 3.05) is 13.1 Å². The van der Waals surface area contributed by atoms with Crippen LogP contribution in [0.15, 0.2) is 24.3 Å². The summed E-state index contributed by atoms with van der Waals surface area (Å²) < 4.78 is 13.5. The lowest BCUT2D eigenvalue weighted by Gasteiger charge is -2.28. The second-order valence-electron chi connectivity index (χ2n) is 5.31. The fraction of sp³-hybridized carbons (Fsp3) is 0.600. The van der Waals surface area contributed by atoms with Gasteiger partial charge in [0.15, 0.2) is 0 Å². The fourth-order valence-electron chi connectivity index (χ4n) is 2.69. The number of hydrogen-bond acceptors (Lipinski definition) is 3. The highest BCUT2D eigenvalue weighted by molar-refractivity contribution is 5.19. The molecule has 2 rings (SSSR count). The van der Waals surface area contributed by atoms with E-state index in [2.05, 4.69) is 5.32 Å². The maximum absolute atomic E-state index is 13.5. The van der Waals surface area contributed by atoms with Crippen LogP contribution in [-0.4, -0.2) is 29.4 Å². The second-order valence-corrected chi connectivity index (χ2v) is 5.31. The molecule has 0 amide bonds. The summed E-state index contributed by atoms with van der Waals surface area (Å²) in [7, 11) is 0. The van der Waals surface area contributed by atoms with Gasteiger partial charge in [0.05, 0.1) is 12.2 Å². The van der Waals surface area contributed by atoms with Crippen molar-refractivity contribution in [3.63, 3.8) is 0 Å². The van der Waals surface area contributed by atoms with E-state index < -0.39 is 6.10 Å². The fourth-order valence-corrected chi connectivity index (χ4v) is 2.69. The van der Waals surface area contributed by atoms with Crippen LogP contribution < -0.4 is 5.32 Å². The van der Waals surface area contributed by atoms with Crippen LogP contribution in [0.25, 0.3) is 0 Å². The Labute approximate surface area is 113 Å². The smallest absolute Gasteiger partial charge is 0.129 e. The first-order valence-corrected chi connectivity index (χ1v) is 6.99. The molecule has 0 bridgehead atoms. The van der Waals surface area contributed by atoms with Crippen molar-refractivity contribution in [2.45, 2.75) is 37.9 Å². The number of hydrogen-bond donors (Lipinski definition) is 3. The minimum absolute atomic E-state index is 0.244. The molecule has 1 aromatic rings. The molecular weight excluding hydrogens is 245 g/mol. The van der Waals surface area contributed by atoms with Crippen molar-refractivity contribution in [1.29, 1.82) is 0 Å². The Hall–Kier alpha value is -0.970. The van der Waals surface area contributed by atoms with E-state index in [0.717, 1.165) is 25.7 Å². The molecular formula is C15H22FNO2. The van der Waals surface area contributed by atoms with Crippen molar-refractivity contribution < 1.29 is 14.6 Å². The third-order valence-electron chi connectivity index (χ3n) is 3.88. The molecule has 3 nitrogen and oxygen atoms in total. The van der Waals surface area contributed by atoms with Gasteiger partial charge < -0.3 is 15.5 Å². The molecule has 3 N–H and O–H groups in total. The van der Waals surface area contributed by atoms with Crippen molar-refractivity contribution in [2.24, 2.45) is 5.92 Å². The Kier molecular flexibility index (Phi) is 5.31. The van der Waals surface area contributed by atoms with E-state index in [4.69, 9.17) is 0 Å². The third kappa shape index (κ3) is 4.00. The van der Waals surface area contributed by atoms with E-state index in [1.807, 2.05) is 0 Å². The number of rotatable bonds is 5. The lowest BCUT2D eigenvalue weighted by Crippen LogP contribution is -2.35. The summed E-state index contributed by atoms with van der Waals surface area (Å²) in [5.41, 5.74) is 0.319. The van der Waals surface area contributed by atoms with Gasteiger partial charge in [-0.3, -0.25) is 0 Å².